The summed E-state index contributed by atoms with van der Waals surface area (Å²) in [6.45, 7) is 3.96. The lowest BCUT2D eigenvalue weighted by molar-refractivity contribution is -0.129. The number of nitrogens with zero attached hydrogens (tertiary/aromatic N) is 5. The van der Waals surface area contributed by atoms with E-state index in [9.17, 15) is 4.79 Å². The van der Waals surface area contributed by atoms with E-state index in [1.807, 2.05) is 51.9 Å². The maximum absolute atomic E-state index is 12.6. The molecule has 1 aliphatic heterocycles. The minimum Gasteiger partial charge on any atom is -0.342 e. The molecule has 4 rings (SSSR count). The zero-order chi connectivity index (χ0) is 19.3. The first-order valence-electron chi connectivity index (χ1n) is 9.54. The standard InChI is InChI=1S/C21H23N5OS/c1-16-9-12-25(13-10-16)19(27)15-28-21-24-23-20(17-6-5-11-22-14-17)26(21)18-7-3-2-4-8-18/h2-8,11,14,16H,9-10,12-13,15H2,1H3. The summed E-state index contributed by atoms with van der Waals surface area (Å²) in [5, 5.41) is 9.48. The molecule has 3 heterocycles. The lowest BCUT2D eigenvalue weighted by Crippen LogP contribution is -2.38. The van der Waals surface area contributed by atoms with E-state index < -0.39 is 0 Å². The number of hydrogen-bond acceptors (Lipinski definition) is 5. The number of benzene rings is 1. The van der Waals surface area contributed by atoms with Gasteiger partial charge in [0.25, 0.3) is 0 Å². The molecule has 6 nitrogen and oxygen atoms in total. The van der Waals surface area contributed by atoms with Gasteiger partial charge in [-0.25, -0.2) is 0 Å². The highest BCUT2D eigenvalue weighted by Gasteiger charge is 2.22. The van der Waals surface area contributed by atoms with Crippen LogP contribution >= 0.6 is 11.8 Å². The molecule has 0 spiro atoms. The van der Waals surface area contributed by atoms with Gasteiger partial charge < -0.3 is 4.90 Å². The van der Waals surface area contributed by atoms with Crippen molar-refractivity contribution in [3.8, 4) is 17.1 Å². The summed E-state index contributed by atoms with van der Waals surface area (Å²) in [6.07, 6.45) is 5.68. The smallest absolute Gasteiger partial charge is 0.233 e. The summed E-state index contributed by atoms with van der Waals surface area (Å²) < 4.78 is 1.99. The van der Waals surface area contributed by atoms with Gasteiger partial charge in [0.05, 0.1) is 5.75 Å². The quantitative estimate of drug-likeness (QED) is 0.619. The number of piperidine rings is 1. The first-order chi connectivity index (χ1) is 13.7. The minimum atomic E-state index is 0.169. The summed E-state index contributed by atoms with van der Waals surface area (Å²) in [6, 6.07) is 13.8. The second kappa shape index (κ2) is 8.56. The van der Waals surface area contributed by atoms with Crippen molar-refractivity contribution in [1.29, 1.82) is 0 Å². The Bertz CT molecular complexity index is 920. The Morgan fingerprint density at radius 3 is 2.61 bits per heavy atom. The van der Waals surface area contributed by atoms with Gasteiger partial charge in [0.15, 0.2) is 11.0 Å². The second-order valence-corrected chi connectivity index (χ2v) is 8.01. The van der Waals surface area contributed by atoms with Crippen molar-refractivity contribution in [1.82, 2.24) is 24.6 Å². The number of thioether (sulfide) groups is 1. The molecule has 1 saturated heterocycles. The number of rotatable bonds is 5. The molecule has 7 heteroatoms. The van der Waals surface area contributed by atoms with E-state index in [4.69, 9.17) is 0 Å². The molecule has 1 fully saturated rings. The Morgan fingerprint density at radius 2 is 1.89 bits per heavy atom. The maximum Gasteiger partial charge on any atom is 0.233 e. The Kier molecular flexibility index (Phi) is 5.71. The molecule has 0 atom stereocenters. The highest BCUT2D eigenvalue weighted by atomic mass is 32.2. The molecule has 28 heavy (non-hydrogen) atoms. The van der Waals surface area contributed by atoms with Gasteiger partial charge >= 0.3 is 0 Å². The van der Waals surface area contributed by atoms with E-state index in [-0.39, 0.29) is 5.91 Å². The molecule has 0 N–H and O–H groups in total. The van der Waals surface area contributed by atoms with Crippen LogP contribution in [0.2, 0.25) is 0 Å². The number of aromatic nitrogens is 4. The molecular formula is C21H23N5OS. The van der Waals surface area contributed by atoms with Crippen molar-refractivity contribution < 1.29 is 4.79 Å². The number of amides is 1. The number of pyridine rings is 1. The normalized spacial score (nSPS) is 15.0. The van der Waals surface area contributed by atoms with Gasteiger partial charge in [0, 0.05) is 36.7 Å². The third kappa shape index (κ3) is 4.09. The Hall–Kier alpha value is -2.67. The van der Waals surface area contributed by atoms with Gasteiger partial charge in [-0.05, 0) is 43.0 Å². The van der Waals surface area contributed by atoms with Crippen LogP contribution < -0.4 is 0 Å². The lowest BCUT2D eigenvalue weighted by atomic mass is 9.99. The average Bonchev–Trinajstić information content (AvgIpc) is 3.18. The minimum absolute atomic E-state index is 0.169. The van der Waals surface area contributed by atoms with Crippen molar-refractivity contribution in [2.45, 2.75) is 24.9 Å². The van der Waals surface area contributed by atoms with Crippen LogP contribution in [0, 0.1) is 5.92 Å². The van der Waals surface area contributed by atoms with E-state index in [1.54, 1.807) is 12.4 Å². The fourth-order valence-electron chi connectivity index (χ4n) is 3.33. The third-order valence-electron chi connectivity index (χ3n) is 5.03. The zero-order valence-electron chi connectivity index (χ0n) is 15.9. The molecule has 0 unspecified atom stereocenters. The predicted molar refractivity (Wildman–Crippen MR) is 110 cm³/mol. The van der Waals surface area contributed by atoms with E-state index in [1.165, 1.54) is 11.8 Å². The summed E-state index contributed by atoms with van der Waals surface area (Å²) in [7, 11) is 0. The SMILES string of the molecule is CC1CCN(C(=O)CSc2nnc(-c3cccnc3)n2-c2ccccc2)CC1. The number of para-hydroxylation sites is 1. The van der Waals surface area contributed by atoms with Crippen molar-refractivity contribution in [2.24, 2.45) is 5.92 Å². The molecule has 1 amide bonds. The molecule has 3 aromatic rings. The first-order valence-corrected chi connectivity index (χ1v) is 10.5. The number of hydrogen-bond donors (Lipinski definition) is 0. The highest BCUT2D eigenvalue weighted by molar-refractivity contribution is 7.99. The molecule has 0 radical (unpaired) electrons. The van der Waals surface area contributed by atoms with E-state index >= 15 is 0 Å². The largest absolute Gasteiger partial charge is 0.342 e. The maximum atomic E-state index is 12.6. The van der Waals surface area contributed by atoms with Gasteiger partial charge in [0.1, 0.15) is 0 Å². The van der Waals surface area contributed by atoms with Gasteiger partial charge in [-0.2, -0.15) is 0 Å². The summed E-state index contributed by atoms with van der Waals surface area (Å²) in [4.78, 5) is 18.8. The Morgan fingerprint density at radius 1 is 1.11 bits per heavy atom. The van der Waals surface area contributed by atoms with E-state index in [0.29, 0.717) is 16.8 Å². The van der Waals surface area contributed by atoms with Gasteiger partial charge in [0.2, 0.25) is 5.91 Å². The van der Waals surface area contributed by atoms with Crippen LogP contribution in [0.3, 0.4) is 0 Å². The molecule has 0 bridgehead atoms. The molecular weight excluding hydrogens is 370 g/mol. The Balaban J connectivity index is 1.57. The molecule has 1 aliphatic rings. The number of carbonyl (C=O) groups excluding carboxylic acids is 1. The molecule has 144 valence electrons. The Labute approximate surface area is 169 Å². The van der Waals surface area contributed by atoms with Crippen LogP contribution in [0.25, 0.3) is 17.1 Å². The fraction of sp³-hybridized carbons (Fsp3) is 0.333. The van der Waals surface area contributed by atoms with Crippen LogP contribution in [0.4, 0.5) is 0 Å². The van der Waals surface area contributed by atoms with Crippen LogP contribution in [-0.2, 0) is 4.79 Å². The van der Waals surface area contributed by atoms with Crippen LogP contribution in [0.1, 0.15) is 19.8 Å². The summed E-state index contributed by atoms with van der Waals surface area (Å²) in [5.74, 6) is 1.97. The summed E-state index contributed by atoms with van der Waals surface area (Å²) in [5.41, 5.74) is 1.86. The van der Waals surface area contributed by atoms with Crippen molar-refractivity contribution in [3.63, 3.8) is 0 Å². The van der Waals surface area contributed by atoms with Gasteiger partial charge in [-0.3, -0.25) is 14.3 Å². The van der Waals surface area contributed by atoms with E-state index in [0.717, 1.165) is 43.0 Å². The molecule has 1 aromatic carbocycles. The average molecular weight is 394 g/mol. The van der Waals surface area contributed by atoms with Crippen molar-refractivity contribution in [2.75, 3.05) is 18.8 Å². The first kappa shape index (κ1) is 18.7. The predicted octanol–water partition coefficient (Wildman–Crippen LogP) is 3.68. The van der Waals surface area contributed by atoms with Crippen LogP contribution in [0.15, 0.2) is 60.0 Å². The molecule has 0 aliphatic carbocycles. The van der Waals surface area contributed by atoms with E-state index in [2.05, 4.69) is 22.1 Å². The van der Waals surface area contributed by atoms with Crippen LogP contribution in [-0.4, -0.2) is 49.4 Å². The molecule has 2 aromatic heterocycles. The highest BCUT2D eigenvalue weighted by Crippen LogP contribution is 2.28. The topological polar surface area (TPSA) is 63.9 Å². The lowest BCUT2D eigenvalue weighted by Gasteiger charge is -2.30. The van der Waals surface area contributed by atoms with Crippen molar-refractivity contribution in [3.05, 3.63) is 54.9 Å². The number of carbonyl (C=O) groups is 1. The number of likely N-dealkylation sites (tertiary alicyclic amines) is 1. The van der Waals surface area contributed by atoms with Gasteiger partial charge in [-0.15, -0.1) is 10.2 Å². The zero-order valence-corrected chi connectivity index (χ0v) is 16.7. The monoisotopic (exact) mass is 393 g/mol. The summed E-state index contributed by atoms with van der Waals surface area (Å²) >= 11 is 1.44. The fourth-order valence-corrected chi connectivity index (χ4v) is 4.19. The van der Waals surface area contributed by atoms with Crippen molar-refractivity contribution >= 4 is 17.7 Å². The van der Waals surface area contributed by atoms with Gasteiger partial charge in [-0.1, -0.05) is 36.9 Å². The second-order valence-electron chi connectivity index (χ2n) is 7.07. The molecule has 0 saturated carbocycles. The van der Waals surface area contributed by atoms with Crippen LogP contribution in [0.5, 0.6) is 0 Å². The third-order valence-corrected chi connectivity index (χ3v) is 5.94.